The van der Waals surface area contributed by atoms with Crippen molar-refractivity contribution in [1.29, 1.82) is 5.26 Å². The van der Waals surface area contributed by atoms with Crippen LogP contribution in [0.15, 0.2) is 0 Å². The van der Waals surface area contributed by atoms with Crippen LogP contribution in [0.4, 0.5) is 0 Å². The predicted octanol–water partition coefficient (Wildman–Crippen LogP) is 1.48. The van der Waals surface area contributed by atoms with Gasteiger partial charge in [-0.3, -0.25) is 9.69 Å². The van der Waals surface area contributed by atoms with E-state index < -0.39 is 0 Å². The number of carbonyl (C=O) groups is 1. The Labute approximate surface area is 98.8 Å². The summed E-state index contributed by atoms with van der Waals surface area (Å²) >= 11 is 0. The minimum absolute atomic E-state index is 0.119. The Bertz CT molecular complexity index is 243. The van der Waals surface area contributed by atoms with Crippen molar-refractivity contribution in [3.8, 4) is 6.07 Å². The Morgan fingerprint density at radius 3 is 2.25 bits per heavy atom. The molecule has 0 aliphatic heterocycles. The molecule has 4 nitrogen and oxygen atoms in total. The maximum absolute atomic E-state index is 12.1. The van der Waals surface area contributed by atoms with Gasteiger partial charge < -0.3 is 4.90 Å². The van der Waals surface area contributed by atoms with Crippen LogP contribution in [0.25, 0.3) is 0 Å². The normalized spacial score (nSPS) is 12.2. The van der Waals surface area contributed by atoms with E-state index in [1.807, 2.05) is 30.6 Å². The average molecular weight is 225 g/mol. The largest absolute Gasteiger partial charge is 0.342 e. The third-order valence-corrected chi connectivity index (χ3v) is 2.76. The first-order valence-corrected chi connectivity index (χ1v) is 6.02. The molecule has 4 heteroatoms. The maximum atomic E-state index is 12.1. The van der Waals surface area contributed by atoms with E-state index in [1.165, 1.54) is 0 Å². The highest BCUT2D eigenvalue weighted by Crippen LogP contribution is 2.04. The first-order chi connectivity index (χ1) is 7.62. The fraction of sp³-hybridized carbons (Fsp3) is 0.833. The number of nitrogens with zero attached hydrogens (tertiary/aromatic N) is 3. The van der Waals surface area contributed by atoms with Crippen molar-refractivity contribution in [2.45, 2.75) is 40.2 Å². The predicted molar refractivity (Wildman–Crippen MR) is 64.9 cm³/mol. The molecule has 0 N–H and O–H groups in total. The summed E-state index contributed by atoms with van der Waals surface area (Å²) in [5.41, 5.74) is 0. The van der Waals surface area contributed by atoms with Crippen molar-refractivity contribution in [2.24, 2.45) is 0 Å². The minimum atomic E-state index is -0.195. The van der Waals surface area contributed by atoms with Gasteiger partial charge in [-0.2, -0.15) is 5.26 Å². The molecular formula is C12H23N3O. The summed E-state index contributed by atoms with van der Waals surface area (Å²) in [6.07, 6.45) is 0.956. The molecule has 0 bridgehead atoms. The zero-order valence-electron chi connectivity index (χ0n) is 10.9. The summed E-state index contributed by atoms with van der Waals surface area (Å²) in [5, 5.41) is 8.73. The smallest absolute Gasteiger partial charge is 0.239 e. The molecule has 0 spiro atoms. The van der Waals surface area contributed by atoms with Crippen LogP contribution in [0.1, 0.15) is 34.1 Å². The number of likely N-dealkylation sites (N-methyl/N-ethyl adjacent to an activating group) is 1. The summed E-state index contributed by atoms with van der Waals surface area (Å²) < 4.78 is 0. The summed E-state index contributed by atoms with van der Waals surface area (Å²) in [7, 11) is 0. The van der Waals surface area contributed by atoms with E-state index in [-0.39, 0.29) is 11.9 Å². The molecule has 92 valence electrons. The van der Waals surface area contributed by atoms with E-state index in [9.17, 15) is 4.79 Å². The second-order valence-corrected chi connectivity index (χ2v) is 3.82. The van der Waals surface area contributed by atoms with Crippen LogP contribution in [-0.4, -0.2) is 47.9 Å². The average Bonchev–Trinajstić information content (AvgIpc) is 2.29. The lowest BCUT2D eigenvalue weighted by molar-refractivity contribution is -0.135. The Balaban J connectivity index is 4.52. The molecule has 0 aromatic heterocycles. The van der Waals surface area contributed by atoms with Crippen LogP contribution in [0.5, 0.6) is 0 Å². The molecule has 1 atom stereocenters. The summed E-state index contributed by atoms with van der Waals surface area (Å²) in [6, 6.07) is 1.92. The number of hydrogen-bond donors (Lipinski definition) is 0. The van der Waals surface area contributed by atoms with Gasteiger partial charge in [0.1, 0.15) is 0 Å². The number of rotatable bonds is 7. The molecule has 0 fully saturated rings. The zero-order valence-corrected chi connectivity index (χ0v) is 10.9. The van der Waals surface area contributed by atoms with Gasteiger partial charge in [0, 0.05) is 13.1 Å². The summed E-state index contributed by atoms with van der Waals surface area (Å²) in [6.45, 7) is 10.5. The van der Waals surface area contributed by atoms with E-state index >= 15 is 0 Å². The van der Waals surface area contributed by atoms with Crippen molar-refractivity contribution in [1.82, 2.24) is 9.80 Å². The fourth-order valence-corrected chi connectivity index (χ4v) is 1.74. The lowest BCUT2D eigenvalue weighted by Crippen LogP contribution is -2.47. The van der Waals surface area contributed by atoms with Crippen LogP contribution < -0.4 is 0 Å². The quantitative estimate of drug-likeness (QED) is 0.617. The Morgan fingerprint density at radius 2 is 1.88 bits per heavy atom. The molecular weight excluding hydrogens is 202 g/mol. The number of nitriles is 1. The van der Waals surface area contributed by atoms with Crippen LogP contribution >= 0.6 is 0 Å². The van der Waals surface area contributed by atoms with E-state index in [0.29, 0.717) is 6.54 Å². The maximum Gasteiger partial charge on any atom is 0.239 e. The van der Waals surface area contributed by atoms with Crippen LogP contribution in [0.2, 0.25) is 0 Å². The van der Waals surface area contributed by atoms with E-state index in [2.05, 4.69) is 13.0 Å². The van der Waals surface area contributed by atoms with Gasteiger partial charge in [-0.25, -0.2) is 0 Å². The number of amides is 1. The summed E-state index contributed by atoms with van der Waals surface area (Å²) in [4.78, 5) is 15.8. The topological polar surface area (TPSA) is 47.3 Å². The molecule has 0 aromatic carbocycles. The van der Waals surface area contributed by atoms with Crippen molar-refractivity contribution in [2.75, 3.05) is 26.2 Å². The Morgan fingerprint density at radius 1 is 1.31 bits per heavy atom. The highest BCUT2D eigenvalue weighted by Gasteiger charge is 2.23. The fourth-order valence-electron chi connectivity index (χ4n) is 1.74. The third kappa shape index (κ3) is 4.19. The van der Waals surface area contributed by atoms with Gasteiger partial charge in [-0.1, -0.05) is 6.92 Å². The molecule has 0 rings (SSSR count). The highest BCUT2D eigenvalue weighted by molar-refractivity contribution is 5.81. The Hall–Kier alpha value is -1.08. The molecule has 0 radical (unpaired) electrons. The zero-order chi connectivity index (χ0) is 12.6. The highest BCUT2D eigenvalue weighted by atomic mass is 16.2. The van der Waals surface area contributed by atoms with Crippen molar-refractivity contribution in [3.05, 3.63) is 0 Å². The first-order valence-electron chi connectivity index (χ1n) is 6.02. The standard InChI is InChI=1S/C12H23N3O/c1-5-9-15(10-8-13)11(4)12(16)14(6-2)7-3/h11H,5-7,9-10H2,1-4H3. The first kappa shape index (κ1) is 14.9. The van der Waals surface area contributed by atoms with Gasteiger partial charge in [0.2, 0.25) is 5.91 Å². The third-order valence-electron chi connectivity index (χ3n) is 2.76. The molecule has 0 aromatic rings. The molecule has 1 unspecified atom stereocenters. The molecule has 1 amide bonds. The van der Waals surface area contributed by atoms with Gasteiger partial charge in [0.25, 0.3) is 0 Å². The van der Waals surface area contributed by atoms with Crippen molar-refractivity contribution >= 4 is 5.91 Å². The number of hydrogen-bond acceptors (Lipinski definition) is 3. The molecule has 16 heavy (non-hydrogen) atoms. The lowest BCUT2D eigenvalue weighted by Gasteiger charge is -2.30. The van der Waals surface area contributed by atoms with Crippen LogP contribution in [0, 0.1) is 11.3 Å². The molecule has 0 aliphatic rings. The SMILES string of the molecule is CCCN(CC#N)C(C)C(=O)N(CC)CC. The van der Waals surface area contributed by atoms with E-state index in [1.54, 1.807) is 0 Å². The van der Waals surface area contributed by atoms with Gasteiger partial charge >= 0.3 is 0 Å². The van der Waals surface area contributed by atoms with E-state index in [0.717, 1.165) is 26.1 Å². The second-order valence-electron chi connectivity index (χ2n) is 3.82. The van der Waals surface area contributed by atoms with Gasteiger partial charge in [0.15, 0.2) is 0 Å². The second kappa shape index (κ2) is 8.12. The molecule has 0 saturated heterocycles. The monoisotopic (exact) mass is 225 g/mol. The van der Waals surface area contributed by atoms with Gasteiger partial charge in [0.05, 0.1) is 18.7 Å². The van der Waals surface area contributed by atoms with Crippen molar-refractivity contribution < 1.29 is 4.79 Å². The van der Waals surface area contributed by atoms with Crippen LogP contribution in [0.3, 0.4) is 0 Å². The summed E-state index contributed by atoms with van der Waals surface area (Å²) in [5.74, 6) is 0.119. The van der Waals surface area contributed by atoms with Crippen LogP contribution in [-0.2, 0) is 4.79 Å². The molecule has 0 aliphatic carbocycles. The van der Waals surface area contributed by atoms with Gasteiger partial charge in [-0.15, -0.1) is 0 Å². The van der Waals surface area contributed by atoms with E-state index in [4.69, 9.17) is 5.26 Å². The van der Waals surface area contributed by atoms with Crippen molar-refractivity contribution in [3.63, 3.8) is 0 Å². The number of carbonyl (C=O) groups excluding carboxylic acids is 1. The minimum Gasteiger partial charge on any atom is -0.342 e. The Kier molecular flexibility index (Phi) is 7.57. The lowest BCUT2D eigenvalue weighted by atomic mass is 10.2. The molecule has 0 heterocycles. The molecule has 0 saturated carbocycles. The van der Waals surface area contributed by atoms with Gasteiger partial charge in [-0.05, 0) is 33.7 Å².